The highest BCUT2D eigenvalue weighted by atomic mass is 32.3. The minimum Gasteiger partial charge on any atom is -0.504 e. The maximum atomic E-state index is 14.7. The van der Waals surface area contributed by atoms with Crippen LogP contribution in [0.15, 0.2) is 77.3 Å². The average Bonchev–Trinajstić information content (AvgIpc) is 2.24. The van der Waals surface area contributed by atoms with Crippen molar-refractivity contribution in [2.75, 3.05) is 19.7 Å². The van der Waals surface area contributed by atoms with E-state index in [1.54, 1.807) is 30.3 Å². The van der Waals surface area contributed by atoms with Gasteiger partial charge in [-0.05, 0) is 67.4 Å². The molecule has 4 aromatic rings. The van der Waals surface area contributed by atoms with E-state index in [2.05, 4.69) is 32.2 Å². The normalized spacial score (nSPS) is 26.2. The van der Waals surface area contributed by atoms with Gasteiger partial charge in [0.15, 0.2) is 23.5 Å². The van der Waals surface area contributed by atoms with E-state index >= 15 is 0 Å². The topological polar surface area (TPSA) is 542 Å². The number of aromatic nitrogens is 1. The first-order chi connectivity index (χ1) is 42.0. The smallest absolute Gasteiger partial charge is 0.446 e. The first-order valence-electron chi connectivity index (χ1n) is 28.1. The van der Waals surface area contributed by atoms with Crippen molar-refractivity contribution in [2.24, 2.45) is 11.7 Å². The van der Waals surface area contributed by atoms with Crippen LogP contribution in [-0.2, 0) is 44.0 Å². The third-order valence-corrected chi connectivity index (χ3v) is 15.6. The van der Waals surface area contributed by atoms with Gasteiger partial charge in [-0.3, -0.25) is 42.9 Å². The number of nitrogens with two attached hydrogens (primary N) is 1. The molecule has 492 valence electrons. The molecule has 3 fully saturated rings. The van der Waals surface area contributed by atoms with E-state index in [0.29, 0.717) is 56.9 Å². The number of phenols is 1. The lowest BCUT2D eigenvalue weighted by atomic mass is 9.96. The van der Waals surface area contributed by atoms with Crippen molar-refractivity contribution in [2.45, 2.75) is 145 Å². The number of phenolic OH excluding ortho intramolecular Hbond substituents is 1. The van der Waals surface area contributed by atoms with Gasteiger partial charge in [-0.15, -0.1) is 0 Å². The Kier molecular flexibility index (Phi) is 23.9. The number of aliphatic hydroxyl groups excluding tert-OH is 8. The van der Waals surface area contributed by atoms with E-state index < -0.39 is 198 Å². The molecule has 34 heteroatoms. The van der Waals surface area contributed by atoms with Gasteiger partial charge in [0.2, 0.25) is 41.4 Å². The molecule has 0 bridgehead atoms. The number of carbonyl (C=O) groups is 8. The summed E-state index contributed by atoms with van der Waals surface area (Å²) in [6, 6.07) is 3.52. The highest BCUT2D eigenvalue weighted by molar-refractivity contribution is 7.81. The van der Waals surface area contributed by atoms with Crippen LogP contribution in [-0.4, -0.2) is 225 Å². The van der Waals surface area contributed by atoms with Crippen LogP contribution in [0.3, 0.4) is 0 Å². The van der Waals surface area contributed by atoms with Crippen molar-refractivity contribution < 1.29 is 116 Å². The fourth-order valence-electron chi connectivity index (χ4n) is 10.3. The third-order valence-electron chi connectivity index (χ3n) is 15.2. The predicted molar refractivity (Wildman–Crippen MR) is 307 cm³/mol. The van der Waals surface area contributed by atoms with Crippen LogP contribution >= 0.6 is 0 Å². The van der Waals surface area contributed by atoms with E-state index in [1.807, 2.05) is 10.6 Å². The summed E-state index contributed by atoms with van der Waals surface area (Å²) < 4.78 is 48.1. The number of hydrogen-bond acceptors (Lipinski definition) is 23. The summed E-state index contributed by atoms with van der Waals surface area (Å²) in [5.41, 5.74) is 6.17. The zero-order valence-corrected chi connectivity index (χ0v) is 49.4. The molecular weight excluding hydrogens is 1210 g/mol. The van der Waals surface area contributed by atoms with Gasteiger partial charge in [0.1, 0.15) is 66.0 Å². The first kappa shape index (κ1) is 70.7. The summed E-state index contributed by atoms with van der Waals surface area (Å²) in [5.74, 6) is -12.9. The Morgan fingerprint density at radius 1 is 0.789 bits per heavy atom. The molecule has 3 saturated heterocycles. The zero-order chi connectivity index (χ0) is 65.3. The highest BCUT2D eigenvalue weighted by Crippen LogP contribution is 2.34. The number of amides is 8. The van der Waals surface area contributed by atoms with Crippen LogP contribution < -0.4 is 41.2 Å². The minimum atomic E-state index is -5.35. The molecule has 90 heavy (non-hydrogen) atoms. The van der Waals surface area contributed by atoms with Gasteiger partial charge in [-0.25, -0.2) is 0 Å². The number of fused-ring (bicyclic) bond motifs is 2. The molecular formula is C56H73N9O24S. The van der Waals surface area contributed by atoms with Crippen LogP contribution in [0, 0.1) is 5.92 Å². The number of ether oxygens (including phenoxy) is 1. The Morgan fingerprint density at radius 3 is 2.06 bits per heavy atom. The van der Waals surface area contributed by atoms with Crippen LogP contribution in [0.2, 0.25) is 0 Å². The SMILES string of the molecule is CCCCCOc1ccc(-c2cc(-c3ccc(C(=O)N[C@H]4C[C@@H](O)[C@@H](O)NC(=O)[C@@H]5[C@@H](O)[C@@H](C)CN5C(=O)[C@H]([C@H](O)CC(N)=O)NC(=O)[C@H]([C@H](O)[C@@H](O)c5ccc(O)c(OS(=O)(=O)O)c5)NC(=O)[C@@H]5C[C@@H](O)CN5C(=O)[C@H]([C@@H](C)O)NC4=O)cc3)no2)cc1.O. The summed E-state index contributed by atoms with van der Waals surface area (Å²) in [7, 11) is -5.35. The molecule has 0 spiro atoms. The van der Waals surface area contributed by atoms with Crippen LogP contribution in [0.25, 0.3) is 22.6 Å². The van der Waals surface area contributed by atoms with Gasteiger partial charge in [0.05, 0.1) is 37.4 Å². The van der Waals surface area contributed by atoms with Gasteiger partial charge < -0.3 is 107 Å². The maximum absolute atomic E-state index is 14.7. The van der Waals surface area contributed by atoms with Gasteiger partial charge in [-0.1, -0.05) is 50.0 Å². The largest absolute Gasteiger partial charge is 0.504 e. The molecule has 3 aromatic carbocycles. The van der Waals surface area contributed by atoms with E-state index in [1.165, 1.54) is 31.2 Å². The van der Waals surface area contributed by atoms with E-state index in [9.17, 15) is 97.3 Å². The number of aromatic hydroxyl groups is 1. The van der Waals surface area contributed by atoms with Gasteiger partial charge in [0.25, 0.3) is 5.91 Å². The maximum Gasteiger partial charge on any atom is 0.446 e. The number of nitrogens with one attached hydrogen (secondary N) is 5. The van der Waals surface area contributed by atoms with Crippen molar-refractivity contribution in [3.05, 3.63) is 83.9 Å². The third kappa shape index (κ3) is 17.3. The second kappa shape index (κ2) is 30.4. The Balaban J connectivity index is 0.0000129. The Morgan fingerprint density at radius 2 is 1.42 bits per heavy atom. The molecule has 7 rings (SSSR count). The van der Waals surface area contributed by atoms with Crippen LogP contribution in [0.1, 0.15) is 81.3 Å². The zero-order valence-electron chi connectivity index (χ0n) is 48.6. The molecule has 1 aromatic heterocycles. The molecule has 0 radical (unpaired) electrons. The monoisotopic (exact) mass is 1290 g/mol. The predicted octanol–water partition coefficient (Wildman–Crippen LogP) is -4.73. The highest BCUT2D eigenvalue weighted by Gasteiger charge is 2.51. The molecule has 0 saturated carbocycles. The molecule has 33 nitrogen and oxygen atoms in total. The second-order valence-electron chi connectivity index (χ2n) is 21.9. The van der Waals surface area contributed by atoms with E-state index in [-0.39, 0.29) is 11.0 Å². The summed E-state index contributed by atoms with van der Waals surface area (Å²) >= 11 is 0. The molecule has 19 N–H and O–H groups in total. The molecule has 3 aliphatic rings. The molecule has 0 aliphatic carbocycles. The molecule has 3 aliphatic heterocycles. The number of aliphatic hydroxyl groups is 8. The lowest BCUT2D eigenvalue weighted by molar-refractivity contribution is -0.149. The molecule has 4 heterocycles. The Labute approximate surface area is 513 Å². The van der Waals surface area contributed by atoms with Gasteiger partial charge in [0, 0.05) is 54.6 Å². The second-order valence-corrected chi connectivity index (χ2v) is 22.9. The van der Waals surface area contributed by atoms with Crippen LogP contribution in [0.5, 0.6) is 17.2 Å². The summed E-state index contributed by atoms with van der Waals surface area (Å²) in [6.07, 6.45) is -17.3. The van der Waals surface area contributed by atoms with Crippen molar-refractivity contribution >= 4 is 57.7 Å². The van der Waals surface area contributed by atoms with Gasteiger partial charge >= 0.3 is 10.4 Å². The Hall–Kier alpha value is -8.42. The lowest BCUT2D eigenvalue weighted by Gasteiger charge is -2.34. The number of unbranched alkanes of at least 4 members (excludes halogenated alkanes) is 2. The molecule has 8 amide bonds. The van der Waals surface area contributed by atoms with Crippen molar-refractivity contribution in [3.8, 4) is 39.8 Å². The van der Waals surface area contributed by atoms with E-state index in [4.69, 9.17) is 15.0 Å². The average molecular weight is 1290 g/mol. The number of nitrogens with zero attached hydrogens (tertiary/aromatic N) is 3. The summed E-state index contributed by atoms with van der Waals surface area (Å²) in [5, 5.41) is 116. The number of hydrogen-bond donors (Lipinski definition) is 16. The fraction of sp³-hybridized carbons (Fsp3) is 0.482. The molecule has 0 unspecified atom stereocenters. The standard InChI is InChI=1S/C56H71N9O23S.H2O/c1-4-5-6-17-86-32-14-11-28(12-15-32)39-21-33(63-87-39)27-7-9-29(10-8-27)49(75)58-34-20-38(70)52(78)62-54(80)45-46(72)25(2)23-65(45)56(82)43(37(69)22-41(57)71)60-53(79)44(48(74)47(73)30-13-16-36(68)40(18-30)88-89(83,84)85)61-51(77)35-19-31(67)24-64(35)55(81)42(26(3)66)59-50(34)76;/h7-16,18,21,25-26,31,34-35,37-38,42-48,52,66-70,72-74,78H,4-6,17,19-20,22-24H2,1-3H3,(H2,57,71)(H,58,75)(H,59,76)(H,60,79)(H,61,77)(H,62,80)(H,83,84,85);1H2/t25-,26+,31+,34-,35-,37+,38+,42-,43-,44-,45-,46-,47-,48-,52+;/m0./s1. The Bertz CT molecular complexity index is 3340. The fourth-order valence-corrected chi connectivity index (χ4v) is 10.7. The lowest BCUT2D eigenvalue weighted by Crippen LogP contribution is -2.64. The van der Waals surface area contributed by atoms with Crippen molar-refractivity contribution in [1.82, 2.24) is 41.5 Å². The number of primary amides is 1. The number of carbonyl (C=O) groups excluding carboxylic acids is 8. The van der Waals surface area contributed by atoms with Crippen molar-refractivity contribution in [3.63, 3.8) is 0 Å². The summed E-state index contributed by atoms with van der Waals surface area (Å²) in [4.78, 5) is 115. The minimum absolute atomic E-state index is 0. The first-order valence-corrected chi connectivity index (χ1v) is 29.5. The summed E-state index contributed by atoms with van der Waals surface area (Å²) in [6.45, 7) is 3.74. The number of rotatable bonds is 18. The van der Waals surface area contributed by atoms with E-state index in [0.717, 1.165) is 32.3 Å². The molecule has 15 atom stereocenters. The van der Waals surface area contributed by atoms with Gasteiger partial charge in [-0.2, -0.15) is 8.42 Å². The quantitative estimate of drug-likeness (QED) is 0.0329. The van der Waals surface area contributed by atoms with Crippen LogP contribution in [0.4, 0.5) is 0 Å². The number of benzene rings is 3. The van der Waals surface area contributed by atoms with Crippen molar-refractivity contribution in [1.29, 1.82) is 0 Å².